The first-order valence-electron chi connectivity index (χ1n) is 11.0. The molecule has 164 valence electrons. The fourth-order valence-corrected chi connectivity index (χ4v) is 4.97. The molecule has 1 saturated carbocycles. The number of anilines is 1. The van der Waals surface area contributed by atoms with E-state index in [1.165, 1.54) is 7.11 Å². The maximum atomic E-state index is 13.4. The van der Waals surface area contributed by atoms with Crippen LogP contribution in [0.15, 0.2) is 60.7 Å². The molecule has 2 aliphatic rings. The zero-order chi connectivity index (χ0) is 21.8. The first-order chi connectivity index (χ1) is 15.0. The molecule has 4 rings (SSSR count). The molecule has 2 aromatic rings. The minimum Gasteiger partial charge on any atom is -0.469 e. The average Bonchev–Trinajstić information content (AvgIpc) is 2.84. The van der Waals surface area contributed by atoms with E-state index < -0.39 is 23.4 Å². The van der Waals surface area contributed by atoms with Crippen molar-refractivity contribution in [3.05, 3.63) is 66.2 Å². The summed E-state index contributed by atoms with van der Waals surface area (Å²) in [5, 5.41) is 11.3. The SMILES string of the molecule is COC(=O)[C@H]1C[C@@](O)(c2ccccc2)CC[C@@H]1C(=O)N1CCN(c2ccccc2)CC1. The van der Waals surface area contributed by atoms with Gasteiger partial charge in [-0.25, -0.2) is 0 Å². The minimum atomic E-state index is -1.12. The van der Waals surface area contributed by atoms with Crippen LogP contribution in [0.5, 0.6) is 0 Å². The van der Waals surface area contributed by atoms with E-state index in [-0.39, 0.29) is 12.3 Å². The summed E-state index contributed by atoms with van der Waals surface area (Å²) in [7, 11) is 1.35. The molecule has 2 aromatic carbocycles. The Balaban J connectivity index is 1.45. The van der Waals surface area contributed by atoms with Gasteiger partial charge in [-0.05, 0) is 37.0 Å². The Bertz CT molecular complexity index is 896. The van der Waals surface area contributed by atoms with E-state index >= 15 is 0 Å². The van der Waals surface area contributed by atoms with Crippen LogP contribution < -0.4 is 4.90 Å². The normalized spacial score (nSPS) is 26.4. The Kier molecular flexibility index (Phi) is 6.28. The van der Waals surface area contributed by atoms with Crippen molar-refractivity contribution in [3.63, 3.8) is 0 Å². The Hall–Kier alpha value is -2.86. The predicted octanol–water partition coefficient (Wildman–Crippen LogP) is 2.81. The number of benzene rings is 2. The van der Waals surface area contributed by atoms with Crippen LogP contribution in [-0.2, 0) is 19.9 Å². The molecule has 3 atom stereocenters. The number of carbonyl (C=O) groups excluding carboxylic acids is 2. The first-order valence-corrected chi connectivity index (χ1v) is 11.0. The summed E-state index contributed by atoms with van der Waals surface area (Å²) in [6.07, 6.45) is 1.11. The topological polar surface area (TPSA) is 70.1 Å². The van der Waals surface area contributed by atoms with Gasteiger partial charge in [0.25, 0.3) is 0 Å². The van der Waals surface area contributed by atoms with Crippen molar-refractivity contribution in [1.29, 1.82) is 0 Å². The molecule has 1 amide bonds. The third-order valence-electron chi connectivity index (χ3n) is 6.76. The van der Waals surface area contributed by atoms with Gasteiger partial charge >= 0.3 is 5.97 Å². The molecule has 1 aliphatic carbocycles. The van der Waals surface area contributed by atoms with Crippen molar-refractivity contribution in [2.75, 3.05) is 38.2 Å². The fourth-order valence-electron chi connectivity index (χ4n) is 4.97. The third kappa shape index (κ3) is 4.44. The lowest BCUT2D eigenvalue weighted by Crippen LogP contribution is -2.53. The number of ether oxygens (including phenoxy) is 1. The molecule has 1 aliphatic heterocycles. The molecule has 0 unspecified atom stereocenters. The Labute approximate surface area is 183 Å². The molecule has 31 heavy (non-hydrogen) atoms. The number of nitrogens with zero attached hydrogens (tertiary/aromatic N) is 2. The minimum absolute atomic E-state index is 0.00165. The Morgan fingerprint density at radius 1 is 0.935 bits per heavy atom. The highest BCUT2D eigenvalue weighted by molar-refractivity contribution is 5.86. The molecule has 0 aromatic heterocycles. The second-order valence-electron chi connectivity index (χ2n) is 8.52. The van der Waals surface area contributed by atoms with E-state index in [2.05, 4.69) is 17.0 Å². The number of hydrogen-bond acceptors (Lipinski definition) is 5. The number of aliphatic hydroxyl groups is 1. The largest absolute Gasteiger partial charge is 0.469 e. The molecular weight excluding hydrogens is 392 g/mol. The van der Waals surface area contributed by atoms with E-state index in [0.29, 0.717) is 25.9 Å². The number of para-hydroxylation sites is 1. The molecule has 1 saturated heterocycles. The lowest BCUT2D eigenvalue weighted by molar-refractivity contribution is -0.161. The predicted molar refractivity (Wildman–Crippen MR) is 118 cm³/mol. The summed E-state index contributed by atoms with van der Waals surface area (Å²) in [5.74, 6) is -1.53. The molecular formula is C25H30N2O4. The van der Waals surface area contributed by atoms with Crippen LogP contribution in [0.25, 0.3) is 0 Å². The average molecular weight is 423 g/mol. The Morgan fingerprint density at radius 3 is 2.16 bits per heavy atom. The summed E-state index contributed by atoms with van der Waals surface area (Å²) in [6.45, 7) is 2.78. The van der Waals surface area contributed by atoms with Gasteiger partial charge in [-0.3, -0.25) is 9.59 Å². The summed E-state index contributed by atoms with van der Waals surface area (Å²) >= 11 is 0. The maximum absolute atomic E-state index is 13.4. The summed E-state index contributed by atoms with van der Waals surface area (Å²) in [5.41, 5.74) is 0.821. The van der Waals surface area contributed by atoms with Crippen LogP contribution in [0.2, 0.25) is 0 Å². The molecule has 0 spiro atoms. The van der Waals surface area contributed by atoms with Gasteiger partial charge in [-0.1, -0.05) is 48.5 Å². The molecule has 6 nitrogen and oxygen atoms in total. The molecule has 6 heteroatoms. The van der Waals surface area contributed by atoms with Crippen LogP contribution in [0.1, 0.15) is 24.8 Å². The second-order valence-corrected chi connectivity index (χ2v) is 8.52. The highest BCUT2D eigenvalue weighted by Gasteiger charge is 2.48. The van der Waals surface area contributed by atoms with Gasteiger partial charge in [0.15, 0.2) is 0 Å². The van der Waals surface area contributed by atoms with Crippen molar-refractivity contribution < 1.29 is 19.4 Å². The van der Waals surface area contributed by atoms with Crippen molar-refractivity contribution in [1.82, 2.24) is 4.90 Å². The van der Waals surface area contributed by atoms with Crippen LogP contribution in [0.3, 0.4) is 0 Å². The lowest BCUT2D eigenvalue weighted by Gasteiger charge is -2.43. The highest BCUT2D eigenvalue weighted by Crippen LogP contribution is 2.44. The monoisotopic (exact) mass is 422 g/mol. The molecule has 2 fully saturated rings. The van der Waals surface area contributed by atoms with E-state index in [1.807, 2.05) is 53.4 Å². The Morgan fingerprint density at radius 2 is 1.55 bits per heavy atom. The lowest BCUT2D eigenvalue weighted by atomic mass is 9.68. The van der Waals surface area contributed by atoms with Crippen molar-refractivity contribution in [2.24, 2.45) is 11.8 Å². The van der Waals surface area contributed by atoms with E-state index in [4.69, 9.17) is 4.74 Å². The summed E-state index contributed by atoms with van der Waals surface area (Å²) < 4.78 is 5.03. The van der Waals surface area contributed by atoms with Crippen molar-refractivity contribution in [3.8, 4) is 0 Å². The zero-order valence-corrected chi connectivity index (χ0v) is 17.9. The van der Waals surface area contributed by atoms with Crippen LogP contribution in [0.4, 0.5) is 5.69 Å². The van der Waals surface area contributed by atoms with Crippen LogP contribution in [0, 0.1) is 11.8 Å². The number of carbonyl (C=O) groups is 2. The van der Waals surface area contributed by atoms with Gasteiger partial charge in [-0.2, -0.15) is 0 Å². The van der Waals surface area contributed by atoms with Crippen molar-refractivity contribution in [2.45, 2.75) is 24.9 Å². The van der Waals surface area contributed by atoms with Crippen molar-refractivity contribution >= 4 is 17.6 Å². The highest BCUT2D eigenvalue weighted by atomic mass is 16.5. The second kappa shape index (κ2) is 9.10. The number of amides is 1. The third-order valence-corrected chi connectivity index (χ3v) is 6.76. The maximum Gasteiger partial charge on any atom is 0.309 e. The number of methoxy groups -OCH3 is 1. The number of rotatable bonds is 4. The molecule has 0 radical (unpaired) electrons. The van der Waals surface area contributed by atoms with Crippen LogP contribution >= 0.6 is 0 Å². The van der Waals surface area contributed by atoms with Gasteiger partial charge in [0, 0.05) is 31.9 Å². The van der Waals surface area contributed by atoms with E-state index in [9.17, 15) is 14.7 Å². The smallest absolute Gasteiger partial charge is 0.309 e. The first kappa shape index (κ1) is 21.4. The number of piperazine rings is 1. The van der Waals surface area contributed by atoms with Gasteiger partial charge in [-0.15, -0.1) is 0 Å². The quantitative estimate of drug-likeness (QED) is 0.768. The number of esters is 1. The van der Waals surface area contributed by atoms with Gasteiger partial charge in [0.1, 0.15) is 0 Å². The van der Waals surface area contributed by atoms with Gasteiger partial charge in [0.05, 0.1) is 24.5 Å². The van der Waals surface area contributed by atoms with E-state index in [0.717, 1.165) is 24.3 Å². The fraction of sp³-hybridized carbons (Fsp3) is 0.440. The standard InChI is InChI=1S/C25H30N2O4/c1-31-24(29)22-18-25(30,19-8-4-2-5-9-19)13-12-21(22)23(28)27-16-14-26(15-17-27)20-10-6-3-7-11-20/h2-11,21-22,30H,12-18H2,1H3/t21-,22-,25+/m0/s1. The van der Waals surface area contributed by atoms with E-state index in [1.54, 1.807) is 0 Å². The zero-order valence-electron chi connectivity index (χ0n) is 17.9. The molecule has 0 bridgehead atoms. The number of hydrogen-bond donors (Lipinski definition) is 1. The summed E-state index contributed by atoms with van der Waals surface area (Å²) in [4.78, 5) is 30.1. The molecule has 1 heterocycles. The molecule has 1 N–H and O–H groups in total. The van der Waals surface area contributed by atoms with Crippen LogP contribution in [-0.4, -0.2) is 55.2 Å². The van der Waals surface area contributed by atoms with Gasteiger partial charge in [0.2, 0.25) is 5.91 Å². The van der Waals surface area contributed by atoms with Gasteiger partial charge < -0.3 is 19.6 Å². The summed E-state index contributed by atoms with van der Waals surface area (Å²) in [6, 6.07) is 19.6.